The van der Waals surface area contributed by atoms with E-state index < -0.39 is 0 Å². The molecule has 3 aromatic rings. The van der Waals surface area contributed by atoms with E-state index in [9.17, 15) is 4.79 Å². The number of likely N-dealkylation sites (tertiary alicyclic amines) is 1. The van der Waals surface area contributed by atoms with Crippen molar-refractivity contribution in [3.63, 3.8) is 0 Å². The van der Waals surface area contributed by atoms with Crippen molar-refractivity contribution < 1.29 is 19.0 Å². The van der Waals surface area contributed by atoms with Crippen LogP contribution in [0.4, 0.5) is 0 Å². The van der Waals surface area contributed by atoms with E-state index in [4.69, 9.17) is 14.2 Å². The van der Waals surface area contributed by atoms with Crippen molar-refractivity contribution in [2.75, 3.05) is 41.5 Å². The minimum Gasteiger partial charge on any atom is -0.493 e. The lowest BCUT2D eigenvalue weighted by Crippen LogP contribution is -2.27. The Morgan fingerprint density at radius 3 is 2.13 bits per heavy atom. The van der Waals surface area contributed by atoms with Crippen LogP contribution in [0, 0.1) is 0 Å². The van der Waals surface area contributed by atoms with Crippen molar-refractivity contribution in [1.82, 2.24) is 10.2 Å². The number of carbonyl (C=O) groups excluding carboxylic acids is 1. The first kappa shape index (κ1) is 28.3. The van der Waals surface area contributed by atoms with Gasteiger partial charge in [-0.25, -0.2) is 0 Å². The number of nitrogens with zero attached hydrogens (tertiary/aromatic N) is 1. The Bertz CT molecular complexity index is 1390. The van der Waals surface area contributed by atoms with Gasteiger partial charge in [-0.3, -0.25) is 4.79 Å². The lowest BCUT2D eigenvalue weighted by Gasteiger charge is -2.27. The lowest BCUT2D eigenvalue weighted by atomic mass is 9.85. The van der Waals surface area contributed by atoms with Crippen LogP contribution in [0.3, 0.4) is 0 Å². The number of hydrogen-bond donors (Lipinski definition) is 1. The first-order chi connectivity index (χ1) is 18.5. The second-order valence-corrected chi connectivity index (χ2v) is 9.72. The molecule has 1 fully saturated rings. The minimum absolute atomic E-state index is 0. The number of ether oxygens (including phenoxy) is 3. The highest BCUT2D eigenvalue weighted by Crippen LogP contribution is 2.40. The van der Waals surface area contributed by atoms with E-state index in [1.165, 1.54) is 47.6 Å². The molecule has 6 nitrogen and oxygen atoms in total. The van der Waals surface area contributed by atoms with Gasteiger partial charge in [-0.15, -0.1) is 12.4 Å². The van der Waals surface area contributed by atoms with E-state index >= 15 is 0 Å². The van der Waals surface area contributed by atoms with Gasteiger partial charge < -0.3 is 24.4 Å². The SMILES string of the molecule is COc1cc(C(=O)NCc2ccc3c(c2)C(=C2CCN(C)CC2)c2ccccc2C=C3)cc(OC)c1OC.Cl. The van der Waals surface area contributed by atoms with Gasteiger partial charge >= 0.3 is 0 Å². The molecule has 0 radical (unpaired) electrons. The Kier molecular flexibility index (Phi) is 9.00. The molecule has 5 rings (SSSR count). The smallest absolute Gasteiger partial charge is 0.251 e. The molecule has 39 heavy (non-hydrogen) atoms. The fraction of sp³-hybridized carbons (Fsp3) is 0.281. The summed E-state index contributed by atoms with van der Waals surface area (Å²) in [4.78, 5) is 15.5. The Hall–Kier alpha value is -3.74. The molecule has 1 N–H and O–H groups in total. The van der Waals surface area contributed by atoms with Gasteiger partial charge in [-0.1, -0.05) is 54.1 Å². The predicted molar refractivity (Wildman–Crippen MR) is 159 cm³/mol. The fourth-order valence-electron chi connectivity index (χ4n) is 5.29. The van der Waals surface area contributed by atoms with Crippen LogP contribution in [-0.4, -0.2) is 52.3 Å². The largest absolute Gasteiger partial charge is 0.493 e. The zero-order valence-electron chi connectivity index (χ0n) is 22.9. The van der Waals surface area contributed by atoms with Gasteiger partial charge in [0, 0.05) is 25.2 Å². The Morgan fingerprint density at radius 2 is 1.49 bits per heavy atom. The summed E-state index contributed by atoms with van der Waals surface area (Å²) >= 11 is 0. The highest BCUT2D eigenvalue weighted by atomic mass is 35.5. The van der Waals surface area contributed by atoms with E-state index in [-0.39, 0.29) is 18.3 Å². The third-order valence-corrected chi connectivity index (χ3v) is 7.38. The van der Waals surface area contributed by atoms with Crippen molar-refractivity contribution in [2.24, 2.45) is 0 Å². The van der Waals surface area contributed by atoms with Gasteiger partial charge in [-0.2, -0.15) is 0 Å². The van der Waals surface area contributed by atoms with Crippen LogP contribution in [0.1, 0.15) is 51.0 Å². The first-order valence-electron chi connectivity index (χ1n) is 12.9. The highest BCUT2D eigenvalue weighted by Gasteiger charge is 2.22. The zero-order chi connectivity index (χ0) is 26.6. The van der Waals surface area contributed by atoms with E-state index in [2.05, 4.69) is 71.9 Å². The zero-order valence-corrected chi connectivity index (χ0v) is 23.7. The minimum atomic E-state index is -0.210. The van der Waals surface area contributed by atoms with Crippen molar-refractivity contribution in [1.29, 1.82) is 0 Å². The molecule has 1 heterocycles. The Morgan fingerprint density at radius 1 is 0.846 bits per heavy atom. The second kappa shape index (κ2) is 12.4. The van der Waals surface area contributed by atoms with Crippen molar-refractivity contribution in [3.8, 4) is 17.2 Å². The van der Waals surface area contributed by atoms with Gasteiger partial charge in [0.2, 0.25) is 5.75 Å². The summed E-state index contributed by atoms with van der Waals surface area (Å²) in [5.74, 6) is 1.14. The monoisotopic (exact) mass is 546 g/mol. The van der Waals surface area contributed by atoms with E-state index in [0.29, 0.717) is 29.4 Å². The van der Waals surface area contributed by atoms with Crippen LogP contribution in [0.5, 0.6) is 17.2 Å². The van der Waals surface area contributed by atoms with Gasteiger partial charge in [0.15, 0.2) is 11.5 Å². The third kappa shape index (κ3) is 5.82. The average Bonchev–Trinajstić information content (AvgIpc) is 3.12. The molecule has 0 unspecified atom stereocenters. The molecule has 1 aliphatic carbocycles. The van der Waals surface area contributed by atoms with Crippen LogP contribution in [0.15, 0.2) is 60.2 Å². The molecular formula is C32H35ClN2O4. The number of fused-ring (bicyclic) bond motifs is 2. The molecule has 1 saturated heterocycles. The quantitative estimate of drug-likeness (QED) is 0.318. The predicted octanol–water partition coefficient (Wildman–Crippen LogP) is 6.08. The summed E-state index contributed by atoms with van der Waals surface area (Å²) in [5.41, 5.74) is 9.27. The topological polar surface area (TPSA) is 60.0 Å². The van der Waals surface area contributed by atoms with Crippen LogP contribution >= 0.6 is 12.4 Å². The average molecular weight is 547 g/mol. The fourth-order valence-corrected chi connectivity index (χ4v) is 5.29. The summed E-state index contributed by atoms with van der Waals surface area (Å²) in [6.45, 7) is 2.53. The molecule has 0 aromatic heterocycles. The number of amides is 1. The number of piperidine rings is 1. The molecule has 3 aromatic carbocycles. The van der Waals surface area contributed by atoms with Gasteiger partial charge in [0.1, 0.15) is 0 Å². The standard InChI is InChI=1S/C32H34N2O4.ClH/c1-34-15-13-24(14-16-34)30-26-8-6-5-7-22(26)11-12-23-10-9-21(17-27(23)30)20-33-32(35)25-18-28(36-2)31(38-4)29(19-25)37-3;/h5-12,17-19H,13-16,20H2,1-4H3,(H,33,35);1H. The van der Waals surface area contributed by atoms with Gasteiger partial charge in [-0.05, 0) is 71.5 Å². The number of halogens is 1. The lowest BCUT2D eigenvalue weighted by molar-refractivity contribution is 0.0950. The summed E-state index contributed by atoms with van der Waals surface area (Å²) in [6.07, 6.45) is 6.53. The van der Waals surface area contributed by atoms with Crippen LogP contribution < -0.4 is 19.5 Å². The number of benzene rings is 3. The van der Waals surface area contributed by atoms with E-state index in [1.807, 2.05) is 0 Å². The van der Waals surface area contributed by atoms with Crippen LogP contribution in [0.2, 0.25) is 0 Å². The summed E-state index contributed by atoms with van der Waals surface area (Å²) in [6, 6.07) is 18.4. The number of hydrogen-bond acceptors (Lipinski definition) is 5. The number of carbonyl (C=O) groups is 1. The van der Waals surface area contributed by atoms with Crippen molar-refractivity contribution >= 4 is 36.0 Å². The number of nitrogens with one attached hydrogen (secondary N) is 1. The van der Waals surface area contributed by atoms with Gasteiger partial charge in [0.25, 0.3) is 5.91 Å². The molecule has 1 aliphatic heterocycles. The normalized spacial score (nSPS) is 14.5. The Balaban J connectivity index is 0.00000353. The highest BCUT2D eigenvalue weighted by molar-refractivity contribution is 5.96. The first-order valence-corrected chi connectivity index (χ1v) is 12.9. The van der Waals surface area contributed by atoms with Crippen molar-refractivity contribution in [3.05, 3.63) is 93.6 Å². The van der Waals surface area contributed by atoms with E-state index in [1.54, 1.807) is 19.2 Å². The molecule has 0 bridgehead atoms. The third-order valence-electron chi connectivity index (χ3n) is 7.38. The maximum atomic E-state index is 13.1. The molecule has 0 spiro atoms. The summed E-state index contributed by atoms with van der Waals surface area (Å²) < 4.78 is 16.2. The summed E-state index contributed by atoms with van der Waals surface area (Å²) in [5, 5.41) is 3.07. The van der Waals surface area contributed by atoms with Gasteiger partial charge in [0.05, 0.1) is 21.3 Å². The molecule has 0 saturated carbocycles. The van der Waals surface area contributed by atoms with Crippen LogP contribution in [-0.2, 0) is 6.54 Å². The number of rotatable bonds is 6. The molecule has 7 heteroatoms. The molecule has 2 aliphatic rings. The maximum absolute atomic E-state index is 13.1. The van der Waals surface area contributed by atoms with Crippen LogP contribution in [0.25, 0.3) is 17.7 Å². The molecule has 0 atom stereocenters. The second-order valence-electron chi connectivity index (χ2n) is 9.72. The molecule has 1 amide bonds. The molecule has 204 valence electrons. The Labute approximate surface area is 236 Å². The van der Waals surface area contributed by atoms with E-state index in [0.717, 1.165) is 31.5 Å². The summed E-state index contributed by atoms with van der Waals surface area (Å²) in [7, 11) is 6.81. The number of methoxy groups -OCH3 is 3. The maximum Gasteiger partial charge on any atom is 0.251 e. The molecular weight excluding hydrogens is 512 g/mol. The van der Waals surface area contributed by atoms with Crippen molar-refractivity contribution in [2.45, 2.75) is 19.4 Å².